The molecule has 0 spiro atoms. The highest BCUT2D eigenvalue weighted by Gasteiger charge is 2.36. The van der Waals surface area contributed by atoms with Crippen molar-refractivity contribution in [1.82, 2.24) is 14.5 Å². The Morgan fingerprint density at radius 3 is 2.43 bits per heavy atom. The molecule has 2 aromatic heterocycles. The van der Waals surface area contributed by atoms with Crippen LogP contribution in [-0.4, -0.2) is 44.6 Å². The number of nitrogens with zero attached hydrogens (tertiary/aromatic N) is 4. The lowest BCUT2D eigenvalue weighted by Crippen LogP contribution is -2.42. The fourth-order valence-electron chi connectivity index (χ4n) is 4.23. The number of nitrogens with one attached hydrogen (secondary N) is 1. The van der Waals surface area contributed by atoms with E-state index in [1.165, 1.54) is 31.0 Å². The number of pyridine rings is 1. The summed E-state index contributed by atoms with van der Waals surface area (Å²) in [7, 11) is 1.32. The lowest BCUT2D eigenvalue weighted by Gasteiger charge is -2.33. The van der Waals surface area contributed by atoms with Gasteiger partial charge in [-0.2, -0.15) is 13.2 Å². The van der Waals surface area contributed by atoms with Crippen LogP contribution in [0.2, 0.25) is 5.15 Å². The average Bonchev–Trinajstić information content (AvgIpc) is 2.81. The largest absolute Gasteiger partial charge is 0.476 e. The van der Waals surface area contributed by atoms with Crippen LogP contribution in [0.15, 0.2) is 29.1 Å². The van der Waals surface area contributed by atoms with E-state index in [0.29, 0.717) is 6.07 Å². The Morgan fingerprint density at radius 2 is 1.84 bits per heavy atom. The summed E-state index contributed by atoms with van der Waals surface area (Å²) in [6.07, 6.45) is -5.71. The Kier molecular flexibility index (Phi) is 6.78. The maximum absolute atomic E-state index is 13.7. The van der Waals surface area contributed by atoms with Gasteiger partial charge in [-0.1, -0.05) is 11.6 Å². The Bertz CT molecular complexity index is 1430. The summed E-state index contributed by atoms with van der Waals surface area (Å²) in [6, 6.07) is 3.16. The van der Waals surface area contributed by atoms with Crippen molar-refractivity contribution in [1.29, 1.82) is 0 Å². The summed E-state index contributed by atoms with van der Waals surface area (Å²) in [5.74, 6) is -4.23. The Labute approximate surface area is 211 Å². The van der Waals surface area contributed by atoms with Gasteiger partial charge in [0.15, 0.2) is 5.69 Å². The van der Waals surface area contributed by atoms with Gasteiger partial charge in [0.25, 0.3) is 11.5 Å². The van der Waals surface area contributed by atoms with Crippen LogP contribution in [0.4, 0.5) is 33.6 Å². The first kappa shape index (κ1) is 26.6. The normalized spacial score (nSPS) is 16.6. The van der Waals surface area contributed by atoms with Gasteiger partial charge in [0, 0.05) is 38.5 Å². The summed E-state index contributed by atoms with van der Waals surface area (Å²) in [6.45, 7) is 1.28. The summed E-state index contributed by atoms with van der Waals surface area (Å²) in [5.41, 5.74) is -2.46. The standard InChI is InChI=1S/C23H21ClF5N5O3/c1-11(30-15-3-4-16(24)31-18(15)20(36)37)13-9-12(23(27,28)29)10-14-17(13)32-21(33(2)19(14)35)34-7-5-22(25,26)6-8-34/h3-4,9-11,30H,5-8H2,1-2H3,(H,36,37). The van der Waals surface area contributed by atoms with Gasteiger partial charge in [-0.15, -0.1) is 0 Å². The van der Waals surface area contributed by atoms with Gasteiger partial charge in [-0.05, 0) is 31.2 Å². The maximum Gasteiger partial charge on any atom is 0.416 e. The molecule has 0 aliphatic carbocycles. The fraction of sp³-hybridized carbons (Fsp3) is 0.391. The molecule has 0 amide bonds. The van der Waals surface area contributed by atoms with E-state index in [1.807, 2.05) is 0 Å². The quantitative estimate of drug-likeness (QED) is 0.339. The van der Waals surface area contributed by atoms with Gasteiger partial charge >= 0.3 is 12.1 Å². The number of carbonyl (C=O) groups is 1. The van der Waals surface area contributed by atoms with Crippen LogP contribution in [0.1, 0.15) is 47.4 Å². The van der Waals surface area contributed by atoms with Crippen molar-refractivity contribution in [2.75, 3.05) is 23.3 Å². The van der Waals surface area contributed by atoms with Gasteiger partial charge in [0.05, 0.1) is 28.2 Å². The molecule has 37 heavy (non-hydrogen) atoms. The van der Waals surface area contributed by atoms with Gasteiger partial charge in [-0.25, -0.2) is 23.5 Å². The first-order chi connectivity index (χ1) is 17.2. The van der Waals surface area contributed by atoms with Gasteiger partial charge in [0.2, 0.25) is 5.95 Å². The molecule has 2 N–H and O–H groups in total. The van der Waals surface area contributed by atoms with Crippen molar-refractivity contribution in [2.24, 2.45) is 7.05 Å². The van der Waals surface area contributed by atoms with Gasteiger partial charge in [-0.3, -0.25) is 9.36 Å². The minimum Gasteiger partial charge on any atom is -0.476 e. The lowest BCUT2D eigenvalue weighted by molar-refractivity contribution is -0.137. The number of rotatable bonds is 5. The Balaban J connectivity index is 1.88. The first-order valence-corrected chi connectivity index (χ1v) is 11.5. The number of aromatic carboxylic acids is 1. The topological polar surface area (TPSA) is 100 Å². The molecule has 14 heteroatoms. The van der Waals surface area contributed by atoms with Crippen LogP contribution in [0.5, 0.6) is 0 Å². The zero-order valence-corrected chi connectivity index (χ0v) is 20.3. The molecular weight excluding hydrogens is 525 g/mol. The number of aromatic nitrogens is 3. The summed E-state index contributed by atoms with van der Waals surface area (Å²) in [5, 5.41) is 11.9. The average molecular weight is 546 g/mol. The molecule has 198 valence electrons. The van der Waals surface area contributed by atoms with E-state index in [1.54, 1.807) is 0 Å². The third-order valence-electron chi connectivity index (χ3n) is 6.19. The number of halogens is 6. The molecule has 0 saturated carbocycles. The molecule has 1 aromatic carbocycles. The van der Waals surface area contributed by atoms with Crippen molar-refractivity contribution in [3.8, 4) is 0 Å². The van der Waals surface area contributed by atoms with E-state index < -0.39 is 53.8 Å². The van der Waals surface area contributed by atoms with E-state index in [4.69, 9.17) is 11.6 Å². The van der Waals surface area contributed by atoms with Crippen LogP contribution < -0.4 is 15.8 Å². The third-order valence-corrected chi connectivity index (χ3v) is 6.40. The highest BCUT2D eigenvalue weighted by atomic mass is 35.5. The molecule has 3 aromatic rings. The molecule has 3 heterocycles. The van der Waals surface area contributed by atoms with Gasteiger partial charge < -0.3 is 15.3 Å². The number of alkyl halides is 5. The van der Waals surface area contributed by atoms with Crippen LogP contribution in [0.3, 0.4) is 0 Å². The lowest BCUT2D eigenvalue weighted by atomic mass is 10.00. The zero-order chi connectivity index (χ0) is 27.3. The number of carboxylic acid groups (broad SMARTS) is 1. The van der Waals surface area contributed by atoms with Crippen LogP contribution >= 0.6 is 11.6 Å². The molecule has 4 rings (SSSR count). The van der Waals surface area contributed by atoms with Crippen molar-refractivity contribution >= 4 is 40.1 Å². The Hall–Kier alpha value is -3.48. The second kappa shape index (κ2) is 9.43. The fourth-order valence-corrected chi connectivity index (χ4v) is 4.38. The van der Waals surface area contributed by atoms with Crippen molar-refractivity contribution < 1.29 is 31.9 Å². The number of hydrogen-bond acceptors (Lipinski definition) is 6. The van der Waals surface area contributed by atoms with Crippen molar-refractivity contribution in [3.05, 3.63) is 56.6 Å². The number of carboxylic acids is 1. The van der Waals surface area contributed by atoms with Crippen LogP contribution in [0, 0.1) is 0 Å². The third kappa shape index (κ3) is 5.31. The molecule has 8 nitrogen and oxygen atoms in total. The number of benzene rings is 1. The monoisotopic (exact) mass is 545 g/mol. The highest BCUT2D eigenvalue weighted by Crippen LogP contribution is 2.36. The van der Waals surface area contributed by atoms with Gasteiger partial charge in [0.1, 0.15) is 5.15 Å². The minimum atomic E-state index is -4.79. The van der Waals surface area contributed by atoms with Crippen LogP contribution in [0.25, 0.3) is 10.9 Å². The number of anilines is 2. The molecule has 1 fully saturated rings. The SMILES string of the molecule is CC(Nc1ccc(Cl)nc1C(=O)O)c1cc(C(F)(F)F)cc2c(=O)n(C)c(N3CCC(F)(F)CC3)nc12. The van der Waals surface area contributed by atoms with Crippen molar-refractivity contribution in [3.63, 3.8) is 0 Å². The Morgan fingerprint density at radius 1 is 1.19 bits per heavy atom. The minimum absolute atomic E-state index is 0.0164. The number of piperidine rings is 1. The molecule has 1 aliphatic rings. The van der Waals surface area contributed by atoms with E-state index >= 15 is 0 Å². The van der Waals surface area contributed by atoms with Crippen molar-refractivity contribution in [2.45, 2.75) is 37.9 Å². The molecular formula is C23H21ClF5N5O3. The predicted octanol–water partition coefficient (Wildman–Crippen LogP) is 5.11. The highest BCUT2D eigenvalue weighted by molar-refractivity contribution is 6.29. The number of hydrogen-bond donors (Lipinski definition) is 2. The zero-order valence-electron chi connectivity index (χ0n) is 19.5. The molecule has 1 unspecified atom stereocenters. The molecule has 1 aliphatic heterocycles. The second-order valence-electron chi connectivity index (χ2n) is 8.78. The van der Waals surface area contributed by atoms with E-state index in [-0.39, 0.29) is 46.3 Å². The molecule has 1 atom stereocenters. The predicted molar refractivity (Wildman–Crippen MR) is 127 cm³/mol. The first-order valence-electron chi connectivity index (χ1n) is 11.1. The van der Waals surface area contributed by atoms with Crippen LogP contribution in [-0.2, 0) is 13.2 Å². The summed E-state index contributed by atoms with van der Waals surface area (Å²) >= 11 is 5.78. The smallest absolute Gasteiger partial charge is 0.416 e. The van der Waals surface area contributed by atoms with E-state index in [0.717, 1.165) is 10.6 Å². The van der Waals surface area contributed by atoms with E-state index in [9.17, 15) is 36.6 Å². The molecule has 1 saturated heterocycles. The summed E-state index contributed by atoms with van der Waals surface area (Å²) in [4.78, 5) is 34.5. The second-order valence-corrected chi connectivity index (χ2v) is 9.17. The van der Waals surface area contributed by atoms with E-state index in [2.05, 4.69) is 15.3 Å². The number of fused-ring (bicyclic) bond motifs is 1. The summed E-state index contributed by atoms with van der Waals surface area (Å²) < 4.78 is 69.7. The molecule has 0 radical (unpaired) electrons. The maximum atomic E-state index is 13.7. The molecule has 0 bridgehead atoms.